The maximum absolute atomic E-state index is 7.58. The summed E-state index contributed by atoms with van der Waals surface area (Å²) in [5, 5.41) is 7.58. The average Bonchev–Trinajstić information content (AvgIpc) is 2.03. The van der Waals surface area contributed by atoms with E-state index in [2.05, 4.69) is 0 Å². The first-order valence-corrected chi connectivity index (χ1v) is 3.88. The third kappa shape index (κ3) is 1.90. The zero-order chi connectivity index (χ0) is 8.27. The van der Waals surface area contributed by atoms with Crippen LogP contribution in [0.15, 0.2) is 24.3 Å². The van der Waals surface area contributed by atoms with E-state index in [1.807, 2.05) is 38.1 Å². The van der Waals surface area contributed by atoms with E-state index in [1.165, 1.54) is 5.56 Å². The smallest absolute Gasteiger partial charge is 0.0383 e. The van der Waals surface area contributed by atoms with Gasteiger partial charge in [0.2, 0.25) is 0 Å². The normalized spacial score (nSPS) is 9.64. The topological polar surface area (TPSA) is 23.9 Å². The first kappa shape index (κ1) is 7.99. The van der Waals surface area contributed by atoms with E-state index in [4.69, 9.17) is 5.41 Å². The molecular weight excluding hydrogens is 134 g/mol. The predicted octanol–water partition coefficient (Wildman–Crippen LogP) is 2.77. The molecule has 0 atom stereocenters. The number of hydrogen-bond acceptors (Lipinski definition) is 1. The molecule has 0 saturated heterocycles. The van der Waals surface area contributed by atoms with Crippen LogP contribution in [-0.2, 0) is 0 Å². The molecule has 1 aromatic carbocycles. The molecule has 1 aromatic rings. The van der Waals surface area contributed by atoms with Crippen molar-refractivity contribution in [2.75, 3.05) is 0 Å². The van der Waals surface area contributed by atoms with Gasteiger partial charge >= 0.3 is 0 Å². The Morgan fingerprint density at radius 2 is 2.18 bits per heavy atom. The van der Waals surface area contributed by atoms with Gasteiger partial charge in [-0.1, -0.05) is 36.8 Å². The highest BCUT2D eigenvalue weighted by Crippen LogP contribution is 2.05. The lowest BCUT2D eigenvalue weighted by Gasteiger charge is -2.00. The van der Waals surface area contributed by atoms with E-state index in [-0.39, 0.29) is 0 Å². The zero-order valence-electron chi connectivity index (χ0n) is 7.02. The fraction of sp³-hybridized carbons (Fsp3) is 0.300. The number of nitrogens with one attached hydrogen (secondary N) is 1. The zero-order valence-corrected chi connectivity index (χ0v) is 7.02. The lowest BCUT2D eigenvalue weighted by molar-refractivity contribution is 1.24. The number of rotatable bonds is 2. The lowest BCUT2D eigenvalue weighted by Crippen LogP contribution is -1.95. The Bertz CT molecular complexity index is 263. The molecule has 0 heterocycles. The largest absolute Gasteiger partial charge is 0.305 e. The third-order valence-corrected chi connectivity index (χ3v) is 1.72. The Morgan fingerprint density at radius 3 is 2.73 bits per heavy atom. The molecule has 0 aromatic heterocycles. The van der Waals surface area contributed by atoms with E-state index in [1.54, 1.807) is 0 Å². The van der Waals surface area contributed by atoms with Crippen LogP contribution in [0.5, 0.6) is 0 Å². The fourth-order valence-electron chi connectivity index (χ4n) is 1.04. The van der Waals surface area contributed by atoms with E-state index < -0.39 is 0 Å². The number of benzene rings is 1. The van der Waals surface area contributed by atoms with Crippen molar-refractivity contribution in [1.82, 2.24) is 0 Å². The van der Waals surface area contributed by atoms with Crippen LogP contribution >= 0.6 is 0 Å². The molecule has 0 aliphatic carbocycles. The van der Waals surface area contributed by atoms with Gasteiger partial charge in [0.05, 0.1) is 0 Å². The molecule has 0 aliphatic heterocycles. The molecule has 0 amide bonds. The van der Waals surface area contributed by atoms with Gasteiger partial charge in [0.25, 0.3) is 0 Å². The van der Waals surface area contributed by atoms with Gasteiger partial charge in [-0.15, -0.1) is 0 Å². The minimum atomic E-state index is 0.716. The van der Waals surface area contributed by atoms with E-state index in [0.29, 0.717) is 5.71 Å². The second kappa shape index (κ2) is 3.33. The van der Waals surface area contributed by atoms with Gasteiger partial charge in [0, 0.05) is 5.71 Å². The standard InChI is InChI=1S/C10H13N/c1-3-10(11)9-6-4-5-8(2)7-9/h4-7,11H,3H2,1-2H3. The maximum Gasteiger partial charge on any atom is 0.0383 e. The van der Waals surface area contributed by atoms with Gasteiger partial charge in [-0.05, 0) is 18.9 Å². The van der Waals surface area contributed by atoms with Crippen molar-refractivity contribution in [1.29, 1.82) is 5.41 Å². The summed E-state index contributed by atoms with van der Waals surface area (Å²) in [6, 6.07) is 8.08. The summed E-state index contributed by atoms with van der Waals surface area (Å²) >= 11 is 0. The van der Waals surface area contributed by atoms with Crippen molar-refractivity contribution in [2.45, 2.75) is 20.3 Å². The van der Waals surface area contributed by atoms with E-state index >= 15 is 0 Å². The second-order valence-electron chi connectivity index (χ2n) is 2.70. The van der Waals surface area contributed by atoms with Crippen LogP contribution in [0.3, 0.4) is 0 Å². The van der Waals surface area contributed by atoms with E-state index in [9.17, 15) is 0 Å². The Hall–Kier alpha value is -1.11. The highest BCUT2D eigenvalue weighted by Gasteiger charge is 1.96. The van der Waals surface area contributed by atoms with Crippen molar-refractivity contribution in [3.8, 4) is 0 Å². The van der Waals surface area contributed by atoms with Gasteiger partial charge in [-0.2, -0.15) is 0 Å². The summed E-state index contributed by atoms with van der Waals surface area (Å²) < 4.78 is 0. The molecular formula is C10H13N. The predicted molar refractivity (Wildman–Crippen MR) is 48.3 cm³/mol. The molecule has 11 heavy (non-hydrogen) atoms. The number of aryl methyl sites for hydroxylation is 1. The maximum atomic E-state index is 7.58. The van der Waals surface area contributed by atoms with Crippen LogP contribution in [0.25, 0.3) is 0 Å². The van der Waals surface area contributed by atoms with Crippen LogP contribution in [0.1, 0.15) is 24.5 Å². The second-order valence-corrected chi connectivity index (χ2v) is 2.70. The summed E-state index contributed by atoms with van der Waals surface area (Å²) in [5.74, 6) is 0. The summed E-state index contributed by atoms with van der Waals surface area (Å²) in [7, 11) is 0. The van der Waals surface area contributed by atoms with Gasteiger partial charge in [0.1, 0.15) is 0 Å². The molecule has 0 unspecified atom stereocenters. The van der Waals surface area contributed by atoms with Crippen LogP contribution in [0.2, 0.25) is 0 Å². The molecule has 0 bridgehead atoms. The van der Waals surface area contributed by atoms with Crippen molar-refractivity contribution in [2.24, 2.45) is 0 Å². The average molecular weight is 147 g/mol. The van der Waals surface area contributed by atoms with Crippen LogP contribution in [0, 0.1) is 12.3 Å². The minimum absolute atomic E-state index is 0.716. The molecule has 0 saturated carbocycles. The molecule has 1 rings (SSSR count). The lowest BCUT2D eigenvalue weighted by atomic mass is 10.1. The van der Waals surface area contributed by atoms with E-state index in [0.717, 1.165) is 12.0 Å². The molecule has 1 nitrogen and oxygen atoms in total. The van der Waals surface area contributed by atoms with Crippen LogP contribution < -0.4 is 0 Å². The molecule has 1 N–H and O–H groups in total. The third-order valence-electron chi connectivity index (χ3n) is 1.72. The van der Waals surface area contributed by atoms with Crippen molar-refractivity contribution in [3.05, 3.63) is 35.4 Å². The Labute approximate surface area is 67.6 Å². The van der Waals surface area contributed by atoms with Crippen LogP contribution in [-0.4, -0.2) is 5.71 Å². The Balaban J connectivity index is 2.96. The summed E-state index contributed by atoms with van der Waals surface area (Å²) in [6.07, 6.45) is 0.809. The quantitative estimate of drug-likeness (QED) is 0.622. The van der Waals surface area contributed by atoms with Crippen molar-refractivity contribution >= 4 is 5.71 Å². The summed E-state index contributed by atoms with van der Waals surface area (Å²) in [6.45, 7) is 4.05. The minimum Gasteiger partial charge on any atom is -0.305 e. The summed E-state index contributed by atoms with van der Waals surface area (Å²) in [5.41, 5.74) is 2.99. The highest BCUT2D eigenvalue weighted by atomic mass is 14.4. The summed E-state index contributed by atoms with van der Waals surface area (Å²) in [4.78, 5) is 0. The molecule has 1 heteroatoms. The van der Waals surface area contributed by atoms with Gasteiger partial charge < -0.3 is 5.41 Å². The Kier molecular flexibility index (Phi) is 2.42. The molecule has 0 radical (unpaired) electrons. The number of hydrogen-bond donors (Lipinski definition) is 1. The Morgan fingerprint density at radius 1 is 1.45 bits per heavy atom. The van der Waals surface area contributed by atoms with Gasteiger partial charge in [0.15, 0.2) is 0 Å². The SMILES string of the molecule is CCC(=N)c1cccc(C)c1. The first-order chi connectivity index (χ1) is 5.24. The fourth-order valence-corrected chi connectivity index (χ4v) is 1.04. The first-order valence-electron chi connectivity index (χ1n) is 3.88. The molecule has 0 spiro atoms. The van der Waals surface area contributed by atoms with Crippen LogP contribution in [0.4, 0.5) is 0 Å². The molecule has 0 fully saturated rings. The van der Waals surface area contributed by atoms with Crippen molar-refractivity contribution < 1.29 is 0 Å². The molecule has 58 valence electrons. The van der Waals surface area contributed by atoms with Crippen molar-refractivity contribution in [3.63, 3.8) is 0 Å². The monoisotopic (exact) mass is 147 g/mol. The van der Waals surface area contributed by atoms with Gasteiger partial charge in [-0.25, -0.2) is 0 Å². The van der Waals surface area contributed by atoms with Gasteiger partial charge in [-0.3, -0.25) is 0 Å². The molecule has 0 aliphatic rings. The highest BCUT2D eigenvalue weighted by molar-refractivity contribution is 5.98.